The number of methoxy groups -OCH3 is 1. The first-order valence-electron chi connectivity index (χ1n) is 13.0. The fourth-order valence-electron chi connectivity index (χ4n) is 4.78. The van der Waals surface area contributed by atoms with Crippen molar-refractivity contribution in [2.75, 3.05) is 17.3 Å². The second kappa shape index (κ2) is 11.3. The van der Waals surface area contributed by atoms with E-state index in [-0.39, 0.29) is 23.9 Å². The van der Waals surface area contributed by atoms with Gasteiger partial charge < -0.3 is 24.7 Å². The van der Waals surface area contributed by atoms with E-state index in [1.807, 2.05) is 86.3 Å². The Hall–Kier alpha value is -4.50. The zero-order valence-electron chi connectivity index (χ0n) is 22.7. The predicted octanol–water partition coefficient (Wildman–Crippen LogP) is 6.21. The lowest BCUT2D eigenvalue weighted by atomic mass is 10.0. The maximum Gasteiger partial charge on any atom is 0.338 e. The first kappa shape index (κ1) is 27.1. The first-order chi connectivity index (χ1) is 19.3. The van der Waals surface area contributed by atoms with Crippen LogP contribution in [0, 0.1) is 12.8 Å². The standard InChI is InChI=1S/C31H30N4O4S/c1-18(2)29(36)33-23-13-12-20(17-19(23)3)35-28(27(34-31(35)40)24-11-7-8-16-32-24)26-15-14-25(39-26)21-9-5-6-10-22(21)30(37)38-4/h5-18,27-28H,1-4H3,(H,33,36)(H,34,40)/t27-,28+/m0/s1. The number of carbonyl (C=O) groups excluding carboxylic acids is 2. The molecule has 1 saturated heterocycles. The molecule has 1 aliphatic rings. The number of nitrogens with one attached hydrogen (secondary N) is 2. The van der Waals surface area contributed by atoms with Gasteiger partial charge >= 0.3 is 5.97 Å². The van der Waals surface area contributed by atoms with Crippen LogP contribution in [0.1, 0.15) is 53.3 Å². The summed E-state index contributed by atoms with van der Waals surface area (Å²) in [4.78, 5) is 31.3. The molecule has 9 heteroatoms. The van der Waals surface area contributed by atoms with Crippen LogP contribution < -0.4 is 15.5 Å². The van der Waals surface area contributed by atoms with E-state index in [1.165, 1.54) is 7.11 Å². The van der Waals surface area contributed by atoms with Gasteiger partial charge in [0.05, 0.1) is 24.4 Å². The van der Waals surface area contributed by atoms with Crippen LogP contribution in [0.5, 0.6) is 0 Å². The Morgan fingerprint density at radius 1 is 1.07 bits per heavy atom. The minimum Gasteiger partial charge on any atom is -0.465 e. The minimum atomic E-state index is -0.439. The summed E-state index contributed by atoms with van der Waals surface area (Å²) in [5.41, 5.74) is 4.35. The first-order valence-corrected chi connectivity index (χ1v) is 13.4. The van der Waals surface area contributed by atoms with Gasteiger partial charge in [-0.3, -0.25) is 9.78 Å². The maximum absolute atomic E-state index is 12.4. The SMILES string of the molecule is COC(=O)c1ccccc1-c1ccc([C@@H]2[C@H](c3ccccn3)NC(=S)N2c2ccc(NC(=O)C(C)C)c(C)c2)o1. The van der Waals surface area contributed by atoms with Gasteiger partial charge in [-0.1, -0.05) is 38.1 Å². The van der Waals surface area contributed by atoms with Crippen molar-refractivity contribution >= 4 is 40.6 Å². The van der Waals surface area contributed by atoms with Crippen molar-refractivity contribution in [3.05, 3.63) is 102 Å². The lowest BCUT2D eigenvalue weighted by molar-refractivity contribution is -0.118. The number of esters is 1. The molecule has 2 aromatic heterocycles. The topological polar surface area (TPSA) is 96.7 Å². The van der Waals surface area contributed by atoms with Crippen molar-refractivity contribution in [2.45, 2.75) is 32.9 Å². The Kier molecular flexibility index (Phi) is 7.66. The van der Waals surface area contributed by atoms with Gasteiger partial charge in [0.15, 0.2) is 5.11 Å². The van der Waals surface area contributed by atoms with E-state index in [9.17, 15) is 9.59 Å². The molecule has 4 aromatic rings. The average Bonchev–Trinajstić information content (AvgIpc) is 3.58. The number of ether oxygens (including phenoxy) is 1. The van der Waals surface area contributed by atoms with Gasteiger partial charge in [-0.15, -0.1) is 0 Å². The van der Waals surface area contributed by atoms with E-state index < -0.39 is 5.97 Å². The van der Waals surface area contributed by atoms with Crippen LogP contribution in [0.25, 0.3) is 11.3 Å². The number of carbonyl (C=O) groups is 2. The lowest BCUT2D eigenvalue weighted by Crippen LogP contribution is -2.29. The van der Waals surface area contributed by atoms with Crippen LogP contribution in [-0.4, -0.2) is 29.1 Å². The summed E-state index contributed by atoms with van der Waals surface area (Å²) in [6.07, 6.45) is 1.75. The molecule has 1 aliphatic heterocycles. The molecular formula is C31H30N4O4S. The Balaban J connectivity index is 1.57. The molecular weight excluding hydrogens is 524 g/mol. The lowest BCUT2D eigenvalue weighted by Gasteiger charge is -2.27. The maximum atomic E-state index is 12.4. The van der Waals surface area contributed by atoms with E-state index >= 15 is 0 Å². The highest BCUT2D eigenvalue weighted by Gasteiger charge is 2.42. The number of aryl methyl sites for hydroxylation is 1. The van der Waals surface area contributed by atoms with Crippen molar-refractivity contribution in [1.82, 2.24) is 10.3 Å². The molecule has 1 fully saturated rings. The van der Waals surface area contributed by atoms with Crippen LogP contribution >= 0.6 is 12.2 Å². The molecule has 2 atom stereocenters. The summed E-state index contributed by atoms with van der Waals surface area (Å²) in [6.45, 7) is 5.67. The number of benzene rings is 2. The van der Waals surface area contributed by atoms with Gasteiger partial charge in [0.25, 0.3) is 0 Å². The van der Waals surface area contributed by atoms with E-state index in [0.29, 0.717) is 27.8 Å². The van der Waals surface area contributed by atoms with Gasteiger partial charge in [0, 0.05) is 29.1 Å². The van der Waals surface area contributed by atoms with Crippen LogP contribution in [0.2, 0.25) is 0 Å². The van der Waals surface area contributed by atoms with Crippen LogP contribution in [0.4, 0.5) is 11.4 Å². The van der Waals surface area contributed by atoms with Gasteiger partial charge in [-0.2, -0.15) is 0 Å². The molecule has 0 radical (unpaired) electrons. The van der Waals surface area contributed by atoms with E-state index in [2.05, 4.69) is 15.6 Å². The van der Waals surface area contributed by atoms with Crippen molar-refractivity contribution in [3.8, 4) is 11.3 Å². The second-order valence-electron chi connectivity index (χ2n) is 9.88. The number of hydrogen-bond donors (Lipinski definition) is 2. The molecule has 2 aromatic carbocycles. The molecule has 8 nitrogen and oxygen atoms in total. The highest BCUT2D eigenvalue weighted by Crippen LogP contribution is 2.43. The largest absolute Gasteiger partial charge is 0.465 e. The fourth-order valence-corrected chi connectivity index (χ4v) is 5.13. The number of nitrogens with zero attached hydrogens (tertiary/aromatic N) is 2. The summed E-state index contributed by atoms with van der Waals surface area (Å²) in [6, 6.07) is 21.8. The molecule has 2 N–H and O–H groups in total. The quantitative estimate of drug-likeness (QED) is 0.206. The molecule has 0 bridgehead atoms. The summed E-state index contributed by atoms with van der Waals surface area (Å²) in [5, 5.41) is 6.93. The number of hydrogen-bond acceptors (Lipinski definition) is 6. The smallest absolute Gasteiger partial charge is 0.338 e. The molecule has 3 heterocycles. The molecule has 1 amide bonds. The van der Waals surface area contributed by atoms with Crippen molar-refractivity contribution in [3.63, 3.8) is 0 Å². The predicted molar refractivity (Wildman–Crippen MR) is 158 cm³/mol. The van der Waals surface area contributed by atoms with Crippen LogP contribution in [0.3, 0.4) is 0 Å². The van der Waals surface area contributed by atoms with E-state index in [4.69, 9.17) is 21.4 Å². The number of thiocarbonyl (C=S) groups is 1. The highest BCUT2D eigenvalue weighted by molar-refractivity contribution is 7.80. The molecule has 5 rings (SSSR count). The third kappa shape index (κ3) is 5.20. The monoisotopic (exact) mass is 554 g/mol. The third-order valence-electron chi connectivity index (χ3n) is 6.88. The number of amides is 1. The number of anilines is 2. The van der Waals surface area contributed by atoms with Crippen molar-refractivity contribution in [2.24, 2.45) is 5.92 Å². The van der Waals surface area contributed by atoms with Crippen LogP contribution in [0.15, 0.2) is 83.4 Å². The van der Waals surface area contributed by atoms with Crippen molar-refractivity contribution < 1.29 is 18.7 Å². The zero-order valence-corrected chi connectivity index (χ0v) is 23.5. The van der Waals surface area contributed by atoms with E-state index in [1.54, 1.807) is 18.3 Å². The Labute approximate surface area is 238 Å². The highest BCUT2D eigenvalue weighted by atomic mass is 32.1. The Morgan fingerprint density at radius 3 is 2.55 bits per heavy atom. The number of pyridine rings is 1. The molecule has 204 valence electrons. The van der Waals surface area contributed by atoms with Gasteiger partial charge in [-0.05, 0) is 73.2 Å². The molecule has 40 heavy (non-hydrogen) atoms. The fraction of sp³-hybridized carbons (Fsp3) is 0.226. The number of furan rings is 1. The molecule has 0 aliphatic carbocycles. The second-order valence-corrected chi connectivity index (χ2v) is 10.3. The molecule has 0 saturated carbocycles. The van der Waals surface area contributed by atoms with E-state index in [0.717, 1.165) is 22.6 Å². The van der Waals surface area contributed by atoms with Gasteiger partial charge in [0.1, 0.15) is 17.6 Å². The summed E-state index contributed by atoms with van der Waals surface area (Å²) >= 11 is 5.84. The number of rotatable bonds is 7. The summed E-state index contributed by atoms with van der Waals surface area (Å²) in [7, 11) is 1.36. The third-order valence-corrected chi connectivity index (χ3v) is 7.20. The molecule has 0 spiro atoms. The average molecular weight is 555 g/mol. The van der Waals surface area contributed by atoms with Gasteiger partial charge in [0.2, 0.25) is 5.91 Å². The summed E-state index contributed by atoms with van der Waals surface area (Å²) < 4.78 is 11.4. The Bertz CT molecular complexity index is 1570. The number of aromatic nitrogens is 1. The normalized spacial score (nSPS) is 16.6. The Morgan fingerprint density at radius 2 is 1.85 bits per heavy atom. The minimum absolute atomic E-state index is 0.0438. The van der Waals surface area contributed by atoms with Gasteiger partial charge in [-0.25, -0.2) is 4.79 Å². The zero-order chi connectivity index (χ0) is 28.4. The summed E-state index contributed by atoms with van der Waals surface area (Å²) in [5.74, 6) is 0.572. The van der Waals surface area contributed by atoms with Crippen LogP contribution in [-0.2, 0) is 9.53 Å². The van der Waals surface area contributed by atoms with Crippen molar-refractivity contribution in [1.29, 1.82) is 0 Å². The molecule has 0 unspecified atom stereocenters.